The molecule has 0 saturated carbocycles. The van der Waals surface area contributed by atoms with Crippen LogP contribution in [0.1, 0.15) is 19.5 Å². The lowest BCUT2D eigenvalue weighted by molar-refractivity contribution is 0.0737. The number of aromatic nitrogens is 3. The number of hydrogen-bond donors (Lipinski definition) is 1. The van der Waals surface area contributed by atoms with Crippen LogP contribution in [0.2, 0.25) is 5.02 Å². The molecule has 0 atom stereocenters. The highest BCUT2D eigenvalue weighted by molar-refractivity contribution is 9.10. The first-order valence-corrected chi connectivity index (χ1v) is 6.16. The molecule has 4 nitrogen and oxygen atoms in total. The summed E-state index contributed by atoms with van der Waals surface area (Å²) in [4.78, 5) is 0. The van der Waals surface area contributed by atoms with E-state index >= 15 is 0 Å². The van der Waals surface area contributed by atoms with Crippen LogP contribution in [-0.4, -0.2) is 20.1 Å². The molecular weight excluding hydrogens is 305 g/mol. The Kier molecular flexibility index (Phi) is 3.25. The van der Waals surface area contributed by atoms with Crippen LogP contribution in [0.15, 0.2) is 28.9 Å². The van der Waals surface area contributed by atoms with Crippen LogP contribution >= 0.6 is 27.5 Å². The van der Waals surface area contributed by atoms with Crippen molar-refractivity contribution in [3.05, 3.63) is 39.6 Å². The van der Waals surface area contributed by atoms with Gasteiger partial charge in [-0.3, -0.25) is 0 Å². The van der Waals surface area contributed by atoms with Crippen molar-refractivity contribution in [3.63, 3.8) is 0 Å². The molecule has 1 heterocycles. The lowest BCUT2D eigenvalue weighted by Crippen LogP contribution is -2.15. The summed E-state index contributed by atoms with van der Waals surface area (Å²) in [5, 5.41) is 18.3. The van der Waals surface area contributed by atoms with Crippen molar-refractivity contribution in [2.24, 2.45) is 0 Å². The molecule has 0 amide bonds. The van der Waals surface area contributed by atoms with E-state index < -0.39 is 5.60 Å². The van der Waals surface area contributed by atoms with Gasteiger partial charge in [0, 0.05) is 0 Å². The first kappa shape index (κ1) is 12.5. The molecule has 0 unspecified atom stereocenters. The predicted octanol–water partition coefficient (Wildman–Crippen LogP) is 2.91. The Morgan fingerprint density at radius 3 is 2.71 bits per heavy atom. The van der Waals surface area contributed by atoms with Crippen molar-refractivity contribution in [3.8, 4) is 5.69 Å². The van der Waals surface area contributed by atoms with E-state index in [2.05, 4.69) is 26.2 Å². The minimum absolute atomic E-state index is 0.504. The summed E-state index contributed by atoms with van der Waals surface area (Å²) in [5.41, 5.74) is 0.272. The van der Waals surface area contributed by atoms with Crippen molar-refractivity contribution in [1.29, 1.82) is 0 Å². The van der Waals surface area contributed by atoms with Crippen LogP contribution in [0.3, 0.4) is 0 Å². The molecule has 0 fully saturated rings. The monoisotopic (exact) mass is 315 g/mol. The van der Waals surface area contributed by atoms with Gasteiger partial charge in [-0.05, 0) is 41.9 Å². The molecule has 0 saturated heterocycles. The van der Waals surface area contributed by atoms with E-state index in [0.29, 0.717) is 10.7 Å². The van der Waals surface area contributed by atoms with Gasteiger partial charge in [0.15, 0.2) is 0 Å². The highest BCUT2D eigenvalue weighted by atomic mass is 79.9. The topological polar surface area (TPSA) is 50.9 Å². The molecule has 1 aromatic carbocycles. The quantitative estimate of drug-likeness (QED) is 0.927. The fourth-order valence-electron chi connectivity index (χ4n) is 1.33. The number of hydrogen-bond acceptors (Lipinski definition) is 3. The smallest absolute Gasteiger partial charge is 0.114 e. The average Bonchev–Trinajstić information content (AvgIpc) is 2.70. The molecule has 2 rings (SSSR count). The molecule has 0 spiro atoms. The molecule has 0 aliphatic heterocycles. The van der Waals surface area contributed by atoms with Crippen molar-refractivity contribution in [2.45, 2.75) is 19.4 Å². The van der Waals surface area contributed by atoms with Gasteiger partial charge in [0.05, 0.1) is 21.4 Å². The zero-order valence-electron chi connectivity index (χ0n) is 9.35. The fourth-order valence-corrected chi connectivity index (χ4v) is 1.95. The summed E-state index contributed by atoms with van der Waals surface area (Å²) >= 11 is 9.40. The third-order valence-electron chi connectivity index (χ3n) is 2.30. The average molecular weight is 317 g/mol. The first-order valence-electron chi connectivity index (χ1n) is 4.99. The van der Waals surface area contributed by atoms with Crippen molar-refractivity contribution in [1.82, 2.24) is 15.0 Å². The van der Waals surface area contributed by atoms with E-state index in [9.17, 15) is 5.11 Å². The van der Waals surface area contributed by atoms with Gasteiger partial charge in [0.1, 0.15) is 11.3 Å². The second-order valence-corrected chi connectivity index (χ2v) is 5.38. The Morgan fingerprint density at radius 2 is 2.12 bits per heavy atom. The Hall–Kier alpha value is -0.910. The summed E-state index contributed by atoms with van der Waals surface area (Å²) in [6.45, 7) is 3.32. The second kappa shape index (κ2) is 4.40. The van der Waals surface area contributed by atoms with E-state index in [1.807, 2.05) is 12.1 Å². The zero-order valence-corrected chi connectivity index (χ0v) is 11.7. The molecule has 6 heteroatoms. The lowest BCUT2D eigenvalue weighted by atomic mass is 10.1. The van der Waals surface area contributed by atoms with Crippen LogP contribution in [0.4, 0.5) is 0 Å². The number of aliphatic hydroxyl groups is 1. The number of halogens is 2. The summed E-state index contributed by atoms with van der Waals surface area (Å²) in [7, 11) is 0. The molecule has 0 aliphatic carbocycles. The van der Waals surface area contributed by atoms with Gasteiger partial charge in [0.2, 0.25) is 0 Å². The van der Waals surface area contributed by atoms with Gasteiger partial charge in [-0.25, -0.2) is 4.68 Å². The number of nitrogens with zero attached hydrogens (tertiary/aromatic N) is 3. The number of benzene rings is 1. The standard InChI is InChI=1S/C11H11BrClN3O/c1-11(2,17)9-6-16(15-14-9)8-5-3-4-7(13)10(8)12/h3-6,17H,1-2H3. The van der Waals surface area contributed by atoms with E-state index in [4.69, 9.17) is 11.6 Å². The Labute approximate surface area is 112 Å². The Morgan fingerprint density at radius 1 is 1.41 bits per heavy atom. The predicted molar refractivity (Wildman–Crippen MR) is 69.3 cm³/mol. The largest absolute Gasteiger partial charge is 0.384 e. The van der Waals surface area contributed by atoms with Crippen LogP contribution in [0, 0.1) is 0 Å². The normalized spacial score (nSPS) is 11.8. The SMILES string of the molecule is CC(C)(O)c1cn(-c2cccc(Cl)c2Br)nn1. The molecule has 0 radical (unpaired) electrons. The van der Waals surface area contributed by atoms with Gasteiger partial charge in [0.25, 0.3) is 0 Å². The zero-order chi connectivity index (χ0) is 12.6. The molecule has 0 bridgehead atoms. The summed E-state index contributed by atoms with van der Waals surface area (Å²) in [5.74, 6) is 0. The maximum atomic E-state index is 9.82. The minimum atomic E-state index is -1.01. The molecule has 17 heavy (non-hydrogen) atoms. The molecule has 1 aromatic heterocycles. The fraction of sp³-hybridized carbons (Fsp3) is 0.273. The van der Waals surface area contributed by atoms with E-state index in [1.165, 1.54) is 0 Å². The molecular formula is C11H11BrClN3O. The van der Waals surface area contributed by atoms with Gasteiger partial charge >= 0.3 is 0 Å². The van der Waals surface area contributed by atoms with Gasteiger partial charge in [-0.15, -0.1) is 5.10 Å². The maximum absolute atomic E-state index is 9.82. The van der Waals surface area contributed by atoms with Gasteiger partial charge < -0.3 is 5.11 Å². The van der Waals surface area contributed by atoms with E-state index in [-0.39, 0.29) is 0 Å². The first-order chi connectivity index (χ1) is 7.89. The summed E-state index contributed by atoms with van der Waals surface area (Å²) < 4.78 is 2.32. The maximum Gasteiger partial charge on any atom is 0.114 e. The van der Waals surface area contributed by atoms with Crippen LogP contribution in [0.5, 0.6) is 0 Å². The highest BCUT2D eigenvalue weighted by Crippen LogP contribution is 2.29. The number of rotatable bonds is 2. The lowest BCUT2D eigenvalue weighted by Gasteiger charge is -2.12. The molecule has 90 valence electrons. The van der Waals surface area contributed by atoms with E-state index in [1.54, 1.807) is 30.8 Å². The highest BCUT2D eigenvalue weighted by Gasteiger charge is 2.21. The van der Waals surface area contributed by atoms with Crippen LogP contribution < -0.4 is 0 Å². The molecule has 2 aromatic rings. The van der Waals surface area contributed by atoms with Crippen LogP contribution in [-0.2, 0) is 5.60 Å². The third-order valence-corrected chi connectivity index (χ3v) is 3.67. The van der Waals surface area contributed by atoms with Crippen molar-refractivity contribution in [2.75, 3.05) is 0 Å². The van der Waals surface area contributed by atoms with Crippen LogP contribution in [0.25, 0.3) is 5.69 Å². The van der Waals surface area contributed by atoms with Gasteiger partial charge in [-0.1, -0.05) is 22.9 Å². The Balaban J connectivity index is 2.48. The van der Waals surface area contributed by atoms with Crippen molar-refractivity contribution >= 4 is 27.5 Å². The summed E-state index contributed by atoms with van der Waals surface area (Å²) in [6, 6.07) is 5.47. The molecule has 0 aliphatic rings. The molecule has 1 N–H and O–H groups in total. The summed E-state index contributed by atoms with van der Waals surface area (Å²) in [6.07, 6.45) is 1.68. The minimum Gasteiger partial charge on any atom is -0.384 e. The Bertz CT molecular complexity index is 548. The third kappa shape index (κ3) is 2.51. The second-order valence-electron chi connectivity index (χ2n) is 4.18. The van der Waals surface area contributed by atoms with E-state index in [0.717, 1.165) is 10.2 Å². The van der Waals surface area contributed by atoms with Gasteiger partial charge in [-0.2, -0.15) is 0 Å². The van der Waals surface area contributed by atoms with Crippen molar-refractivity contribution < 1.29 is 5.11 Å².